The summed E-state index contributed by atoms with van der Waals surface area (Å²) >= 11 is 0. The minimum atomic E-state index is -0.0236. The molecule has 2 saturated heterocycles. The predicted molar refractivity (Wildman–Crippen MR) is 123 cm³/mol. The fraction of sp³-hybridized carbons (Fsp3) is 0.480. The third-order valence-corrected chi connectivity index (χ3v) is 6.58. The quantitative estimate of drug-likeness (QED) is 0.738. The van der Waals surface area contributed by atoms with Crippen molar-refractivity contribution >= 4 is 11.6 Å². The van der Waals surface area contributed by atoms with Crippen molar-refractivity contribution in [2.45, 2.75) is 19.4 Å². The SMILES string of the molecule is CC(C(=O)N1CCN(c2ccccc2)CC1)N1CCN(CCc2ccccc2)CC1. The number of amides is 1. The second kappa shape index (κ2) is 10.1. The molecule has 5 nitrogen and oxygen atoms in total. The van der Waals surface area contributed by atoms with Gasteiger partial charge in [-0.15, -0.1) is 0 Å². The Balaban J connectivity index is 1.20. The molecule has 0 radical (unpaired) electrons. The van der Waals surface area contributed by atoms with Crippen molar-refractivity contribution in [1.82, 2.24) is 14.7 Å². The van der Waals surface area contributed by atoms with Crippen LogP contribution in [0.1, 0.15) is 12.5 Å². The van der Waals surface area contributed by atoms with E-state index in [1.807, 2.05) is 6.07 Å². The monoisotopic (exact) mass is 406 g/mol. The normalized spacial score (nSPS) is 19.6. The minimum absolute atomic E-state index is 0.0236. The molecule has 0 bridgehead atoms. The van der Waals surface area contributed by atoms with E-state index < -0.39 is 0 Å². The van der Waals surface area contributed by atoms with E-state index in [9.17, 15) is 4.79 Å². The van der Waals surface area contributed by atoms with Gasteiger partial charge >= 0.3 is 0 Å². The van der Waals surface area contributed by atoms with Gasteiger partial charge in [-0.1, -0.05) is 48.5 Å². The molecule has 2 aromatic rings. The lowest BCUT2D eigenvalue weighted by molar-refractivity contribution is -0.137. The number of hydrogen-bond acceptors (Lipinski definition) is 4. The summed E-state index contributed by atoms with van der Waals surface area (Å²) < 4.78 is 0. The summed E-state index contributed by atoms with van der Waals surface area (Å²) in [6.45, 7) is 10.7. The standard InChI is InChI=1S/C25H34N4O/c1-22(25(30)29-20-18-28(19-21-29)24-10-6-3-7-11-24)27-16-14-26(15-17-27)13-12-23-8-4-2-5-9-23/h2-11,22H,12-21H2,1H3. The molecular weight excluding hydrogens is 372 g/mol. The Morgan fingerprint density at radius 1 is 0.800 bits per heavy atom. The number of anilines is 1. The van der Waals surface area contributed by atoms with Crippen molar-refractivity contribution in [2.75, 3.05) is 63.8 Å². The first-order valence-electron chi connectivity index (χ1n) is 11.3. The maximum atomic E-state index is 13.1. The van der Waals surface area contributed by atoms with Crippen LogP contribution < -0.4 is 4.90 Å². The molecule has 0 aromatic heterocycles. The summed E-state index contributed by atoms with van der Waals surface area (Å²) in [5.41, 5.74) is 2.65. The first-order chi connectivity index (χ1) is 14.7. The van der Waals surface area contributed by atoms with E-state index in [0.29, 0.717) is 5.91 Å². The van der Waals surface area contributed by atoms with Gasteiger partial charge in [0.2, 0.25) is 5.91 Å². The minimum Gasteiger partial charge on any atom is -0.368 e. The van der Waals surface area contributed by atoms with Crippen molar-refractivity contribution in [3.05, 3.63) is 66.2 Å². The number of carbonyl (C=O) groups excluding carboxylic acids is 1. The summed E-state index contributed by atoms with van der Waals surface area (Å²) in [5.74, 6) is 0.292. The first-order valence-corrected chi connectivity index (χ1v) is 11.3. The van der Waals surface area contributed by atoms with Crippen molar-refractivity contribution in [1.29, 1.82) is 0 Å². The second-order valence-corrected chi connectivity index (χ2v) is 8.44. The van der Waals surface area contributed by atoms with Crippen molar-refractivity contribution in [2.24, 2.45) is 0 Å². The van der Waals surface area contributed by atoms with Crippen LogP contribution in [0, 0.1) is 0 Å². The molecule has 30 heavy (non-hydrogen) atoms. The molecule has 2 fully saturated rings. The molecule has 0 saturated carbocycles. The number of piperazine rings is 2. The van der Waals surface area contributed by atoms with Gasteiger partial charge < -0.3 is 14.7 Å². The van der Waals surface area contributed by atoms with E-state index in [4.69, 9.17) is 0 Å². The molecule has 160 valence electrons. The van der Waals surface area contributed by atoms with E-state index in [0.717, 1.165) is 65.3 Å². The van der Waals surface area contributed by atoms with E-state index in [1.54, 1.807) is 0 Å². The average molecular weight is 407 g/mol. The number of rotatable bonds is 6. The van der Waals surface area contributed by atoms with Crippen LogP contribution in [-0.4, -0.2) is 85.6 Å². The van der Waals surface area contributed by atoms with Crippen LogP contribution in [0.25, 0.3) is 0 Å². The summed E-state index contributed by atoms with van der Waals surface area (Å²) in [7, 11) is 0. The van der Waals surface area contributed by atoms with Crippen LogP contribution in [0.3, 0.4) is 0 Å². The number of nitrogens with zero attached hydrogens (tertiary/aromatic N) is 4. The molecule has 5 heteroatoms. The van der Waals surface area contributed by atoms with Gasteiger partial charge in [-0.3, -0.25) is 9.69 Å². The van der Waals surface area contributed by atoms with Crippen molar-refractivity contribution < 1.29 is 4.79 Å². The molecule has 2 aliphatic heterocycles. The predicted octanol–water partition coefficient (Wildman–Crippen LogP) is 2.58. The van der Waals surface area contributed by atoms with Gasteiger partial charge in [-0.25, -0.2) is 0 Å². The molecule has 1 atom stereocenters. The maximum Gasteiger partial charge on any atom is 0.239 e. The Bertz CT molecular complexity index is 781. The van der Waals surface area contributed by atoms with E-state index in [1.165, 1.54) is 11.3 Å². The fourth-order valence-electron chi connectivity index (χ4n) is 4.55. The molecule has 1 unspecified atom stereocenters. The lowest BCUT2D eigenvalue weighted by atomic mass is 10.1. The van der Waals surface area contributed by atoms with Gasteiger partial charge in [-0.05, 0) is 31.0 Å². The zero-order valence-corrected chi connectivity index (χ0v) is 18.1. The Morgan fingerprint density at radius 3 is 2.03 bits per heavy atom. The molecule has 0 N–H and O–H groups in total. The largest absolute Gasteiger partial charge is 0.368 e. The highest BCUT2D eigenvalue weighted by Crippen LogP contribution is 2.17. The molecule has 1 amide bonds. The summed E-state index contributed by atoms with van der Waals surface area (Å²) in [6.07, 6.45) is 1.10. The lowest BCUT2D eigenvalue weighted by Crippen LogP contribution is -2.57. The molecule has 4 rings (SSSR count). The Kier molecular flexibility index (Phi) is 7.03. The van der Waals surface area contributed by atoms with Crippen LogP contribution in [0.5, 0.6) is 0 Å². The fourth-order valence-corrected chi connectivity index (χ4v) is 4.55. The zero-order valence-electron chi connectivity index (χ0n) is 18.1. The van der Waals surface area contributed by atoms with Crippen LogP contribution in [0.15, 0.2) is 60.7 Å². The summed E-state index contributed by atoms with van der Waals surface area (Å²) in [5, 5.41) is 0. The van der Waals surface area contributed by atoms with E-state index in [2.05, 4.69) is 81.1 Å². The van der Waals surface area contributed by atoms with Crippen molar-refractivity contribution in [3.63, 3.8) is 0 Å². The van der Waals surface area contributed by atoms with Gasteiger partial charge in [0.25, 0.3) is 0 Å². The third kappa shape index (κ3) is 5.21. The van der Waals surface area contributed by atoms with Crippen LogP contribution >= 0.6 is 0 Å². The molecule has 0 aliphatic carbocycles. The van der Waals surface area contributed by atoms with Gasteiger partial charge in [0.15, 0.2) is 0 Å². The Morgan fingerprint density at radius 2 is 1.40 bits per heavy atom. The highest BCUT2D eigenvalue weighted by atomic mass is 16.2. The maximum absolute atomic E-state index is 13.1. The summed E-state index contributed by atoms with van der Waals surface area (Å²) in [4.78, 5) is 22.4. The molecule has 2 aliphatic rings. The van der Waals surface area contributed by atoms with Crippen LogP contribution in [-0.2, 0) is 11.2 Å². The Labute approximate surface area is 180 Å². The lowest BCUT2D eigenvalue weighted by Gasteiger charge is -2.41. The third-order valence-electron chi connectivity index (χ3n) is 6.58. The molecule has 2 aromatic carbocycles. The van der Waals surface area contributed by atoms with Gasteiger partial charge in [-0.2, -0.15) is 0 Å². The van der Waals surface area contributed by atoms with Gasteiger partial charge in [0.1, 0.15) is 0 Å². The number of para-hydroxylation sites is 1. The van der Waals surface area contributed by atoms with Gasteiger partial charge in [0.05, 0.1) is 6.04 Å². The molecular formula is C25H34N4O. The first kappa shape index (κ1) is 20.9. The molecule has 2 heterocycles. The van der Waals surface area contributed by atoms with Crippen LogP contribution in [0.4, 0.5) is 5.69 Å². The van der Waals surface area contributed by atoms with E-state index >= 15 is 0 Å². The van der Waals surface area contributed by atoms with Gasteiger partial charge in [0, 0.05) is 64.6 Å². The highest BCUT2D eigenvalue weighted by Gasteiger charge is 2.30. The zero-order chi connectivity index (χ0) is 20.8. The highest BCUT2D eigenvalue weighted by molar-refractivity contribution is 5.81. The average Bonchev–Trinajstić information content (AvgIpc) is 2.83. The number of carbonyl (C=O) groups is 1. The molecule has 0 spiro atoms. The second-order valence-electron chi connectivity index (χ2n) is 8.44. The Hall–Kier alpha value is -2.37. The van der Waals surface area contributed by atoms with Crippen molar-refractivity contribution in [3.8, 4) is 0 Å². The van der Waals surface area contributed by atoms with E-state index in [-0.39, 0.29) is 6.04 Å². The number of hydrogen-bond donors (Lipinski definition) is 0. The topological polar surface area (TPSA) is 30.0 Å². The smallest absolute Gasteiger partial charge is 0.239 e. The number of benzene rings is 2. The summed E-state index contributed by atoms with van der Waals surface area (Å²) in [6, 6.07) is 21.2. The van der Waals surface area contributed by atoms with Crippen LogP contribution in [0.2, 0.25) is 0 Å².